The Kier molecular flexibility index (Phi) is 5.10. The van der Waals surface area contributed by atoms with Crippen LogP contribution in [0.1, 0.15) is 16.1 Å². The maximum atomic E-state index is 12.8. The molecule has 0 saturated heterocycles. The standard InChI is InChI=1S/C18H9F5N2OS/c19-17(20)26-14-4-2-1-3-10(14)7-11(9-24)16-25-13-8-12(18(21,22)23)5-6-15(13)27-16/h1-8,17H/b11-7+. The van der Waals surface area contributed by atoms with E-state index in [1.54, 1.807) is 6.07 Å². The third-order valence-electron chi connectivity index (χ3n) is 3.50. The molecule has 0 aliphatic heterocycles. The van der Waals surface area contributed by atoms with Gasteiger partial charge in [0.05, 0.1) is 21.4 Å². The van der Waals surface area contributed by atoms with Crippen LogP contribution in [-0.4, -0.2) is 11.6 Å². The van der Waals surface area contributed by atoms with Crippen LogP contribution in [0.4, 0.5) is 22.0 Å². The number of hydrogen-bond acceptors (Lipinski definition) is 4. The summed E-state index contributed by atoms with van der Waals surface area (Å²) in [5.74, 6) is -0.124. The Hall–Kier alpha value is -2.99. The maximum Gasteiger partial charge on any atom is 0.416 e. The Morgan fingerprint density at radius 2 is 1.93 bits per heavy atom. The molecular weight excluding hydrogens is 387 g/mol. The van der Waals surface area contributed by atoms with E-state index in [1.807, 2.05) is 6.07 Å². The lowest BCUT2D eigenvalue weighted by Gasteiger charge is -2.07. The zero-order chi connectivity index (χ0) is 19.6. The highest BCUT2D eigenvalue weighted by molar-refractivity contribution is 7.19. The highest BCUT2D eigenvalue weighted by Gasteiger charge is 2.30. The summed E-state index contributed by atoms with van der Waals surface area (Å²) in [7, 11) is 0. The van der Waals surface area contributed by atoms with Gasteiger partial charge in [-0.15, -0.1) is 11.3 Å². The Bertz CT molecular complexity index is 1050. The Morgan fingerprint density at radius 1 is 1.19 bits per heavy atom. The minimum absolute atomic E-state index is 0.0232. The third kappa shape index (κ3) is 4.23. The van der Waals surface area contributed by atoms with Gasteiger partial charge in [-0.1, -0.05) is 18.2 Å². The van der Waals surface area contributed by atoms with Gasteiger partial charge >= 0.3 is 12.8 Å². The fourth-order valence-electron chi connectivity index (χ4n) is 2.32. The van der Waals surface area contributed by atoms with Crippen LogP contribution in [0, 0.1) is 11.3 Å². The molecule has 3 rings (SSSR count). The summed E-state index contributed by atoms with van der Waals surface area (Å²) < 4.78 is 68.4. The smallest absolute Gasteiger partial charge is 0.416 e. The molecule has 138 valence electrons. The second-order valence-electron chi connectivity index (χ2n) is 5.29. The van der Waals surface area contributed by atoms with Gasteiger partial charge in [-0.2, -0.15) is 27.2 Å². The van der Waals surface area contributed by atoms with Crippen molar-refractivity contribution in [3.8, 4) is 11.8 Å². The summed E-state index contributed by atoms with van der Waals surface area (Å²) in [5.41, 5.74) is -0.493. The molecule has 3 nitrogen and oxygen atoms in total. The molecule has 0 aliphatic rings. The van der Waals surface area contributed by atoms with Gasteiger partial charge in [-0.05, 0) is 30.3 Å². The molecule has 27 heavy (non-hydrogen) atoms. The number of nitrogens with zero attached hydrogens (tertiary/aromatic N) is 2. The van der Waals surface area contributed by atoms with Gasteiger partial charge in [0.25, 0.3) is 0 Å². The van der Waals surface area contributed by atoms with E-state index in [4.69, 9.17) is 0 Å². The van der Waals surface area contributed by atoms with Crippen LogP contribution in [0.15, 0.2) is 42.5 Å². The van der Waals surface area contributed by atoms with Gasteiger partial charge in [0.1, 0.15) is 16.8 Å². The van der Waals surface area contributed by atoms with Crippen molar-refractivity contribution >= 4 is 33.2 Å². The lowest BCUT2D eigenvalue weighted by atomic mass is 10.1. The molecule has 0 radical (unpaired) electrons. The van der Waals surface area contributed by atoms with Crippen molar-refractivity contribution in [1.82, 2.24) is 4.98 Å². The maximum absolute atomic E-state index is 12.8. The highest BCUT2D eigenvalue weighted by Crippen LogP contribution is 2.35. The predicted octanol–water partition coefficient (Wildman–Crippen LogP) is 5.98. The number of nitriles is 1. The average Bonchev–Trinajstić information content (AvgIpc) is 3.02. The van der Waals surface area contributed by atoms with Crippen molar-refractivity contribution in [2.24, 2.45) is 0 Å². The summed E-state index contributed by atoms with van der Waals surface area (Å²) in [6.07, 6.45) is -3.20. The molecule has 0 atom stereocenters. The minimum Gasteiger partial charge on any atom is -0.434 e. The van der Waals surface area contributed by atoms with Crippen LogP contribution in [0.2, 0.25) is 0 Å². The molecule has 9 heteroatoms. The normalized spacial score (nSPS) is 12.4. The number of aromatic nitrogens is 1. The Balaban J connectivity index is 2.04. The van der Waals surface area contributed by atoms with Crippen molar-refractivity contribution < 1.29 is 26.7 Å². The predicted molar refractivity (Wildman–Crippen MR) is 91.2 cm³/mol. The third-order valence-corrected chi connectivity index (χ3v) is 4.57. The van der Waals surface area contributed by atoms with Gasteiger partial charge in [-0.3, -0.25) is 0 Å². The molecule has 2 aromatic carbocycles. The fourth-order valence-corrected chi connectivity index (χ4v) is 3.23. The first kappa shape index (κ1) is 18.8. The van der Waals surface area contributed by atoms with E-state index in [-0.39, 0.29) is 27.4 Å². The molecule has 3 aromatic rings. The molecule has 0 N–H and O–H groups in total. The van der Waals surface area contributed by atoms with E-state index in [9.17, 15) is 27.2 Å². The lowest BCUT2D eigenvalue weighted by molar-refractivity contribution is -0.137. The van der Waals surface area contributed by atoms with Crippen LogP contribution >= 0.6 is 11.3 Å². The monoisotopic (exact) mass is 396 g/mol. The number of allylic oxidation sites excluding steroid dienone is 1. The topological polar surface area (TPSA) is 45.9 Å². The number of halogens is 5. The number of para-hydroxylation sites is 1. The molecule has 0 aliphatic carbocycles. The molecule has 1 aromatic heterocycles. The number of thiazole rings is 1. The zero-order valence-electron chi connectivity index (χ0n) is 13.3. The van der Waals surface area contributed by atoms with Gasteiger partial charge in [0, 0.05) is 5.56 Å². The molecule has 1 heterocycles. The fraction of sp³-hybridized carbons (Fsp3) is 0.111. The first-order valence-electron chi connectivity index (χ1n) is 7.42. The summed E-state index contributed by atoms with van der Waals surface area (Å²) in [6.45, 7) is -3.03. The lowest BCUT2D eigenvalue weighted by Crippen LogP contribution is -2.03. The van der Waals surface area contributed by atoms with Crippen LogP contribution in [0.5, 0.6) is 5.75 Å². The highest BCUT2D eigenvalue weighted by atomic mass is 32.1. The van der Waals surface area contributed by atoms with E-state index in [2.05, 4.69) is 9.72 Å². The minimum atomic E-state index is -4.50. The second-order valence-corrected chi connectivity index (χ2v) is 6.32. The number of fused-ring (bicyclic) bond motifs is 1. The summed E-state index contributed by atoms with van der Waals surface area (Å²) in [4.78, 5) is 4.08. The van der Waals surface area contributed by atoms with Crippen LogP contribution in [-0.2, 0) is 6.18 Å². The van der Waals surface area contributed by atoms with Crippen molar-refractivity contribution in [3.05, 3.63) is 58.6 Å². The van der Waals surface area contributed by atoms with Crippen molar-refractivity contribution in [1.29, 1.82) is 5.26 Å². The first-order chi connectivity index (χ1) is 12.8. The van der Waals surface area contributed by atoms with Crippen LogP contribution in [0.25, 0.3) is 21.9 Å². The molecule has 0 amide bonds. The van der Waals surface area contributed by atoms with Gasteiger partial charge in [0.2, 0.25) is 0 Å². The molecular formula is C18H9F5N2OS. The van der Waals surface area contributed by atoms with E-state index < -0.39 is 18.4 Å². The van der Waals surface area contributed by atoms with Crippen molar-refractivity contribution in [2.45, 2.75) is 12.8 Å². The summed E-state index contributed by atoms with van der Waals surface area (Å²) >= 11 is 1.03. The largest absolute Gasteiger partial charge is 0.434 e. The number of benzene rings is 2. The molecule has 0 bridgehead atoms. The van der Waals surface area contributed by atoms with Crippen LogP contribution in [0.3, 0.4) is 0 Å². The van der Waals surface area contributed by atoms with E-state index in [0.717, 1.165) is 23.5 Å². The van der Waals surface area contributed by atoms with Crippen molar-refractivity contribution in [2.75, 3.05) is 0 Å². The molecule has 0 spiro atoms. The van der Waals surface area contributed by atoms with Crippen molar-refractivity contribution in [3.63, 3.8) is 0 Å². The molecule has 0 saturated carbocycles. The Morgan fingerprint density at radius 3 is 2.59 bits per heavy atom. The quantitative estimate of drug-likeness (QED) is 0.403. The molecule has 0 unspecified atom stereocenters. The number of ether oxygens (including phenoxy) is 1. The molecule has 0 fully saturated rings. The SMILES string of the molecule is N#C/C(=C\c1ccccc1OC(F)F)c1nc2cc(C(F)(F)F)ccc2s1. The first-order valence-corrected chi connectivity index (χ1v) is 8.23. The van der Waals surface area contributed by atoms with Gasteiger partial charge in [0.15, 0.2) is 0 Å². The van der Waals surface area contributed by atoms with Gasteiger partial charge in [-0.25, -0.2) is 4.98 Å². The zero-order valence-corrected chi connectivity index (χ0v) is 14.1. The van der Waals surface area contributed by atoms with Gasteiger partial charge < -0.3 is 4.74 Å². The second kappa shape index (κ2) is 7.32. The number of rotatable bonds is 4. The summed E-state index contributed by atoms with van der Waals surface area (Å²) in [5, 5.41) is 9.58. The Labute approximate surface area is 153 Å². The summed E-state index contributed by atoms with van der Waals surface area (Å²) in [6, 6.07) is 10.9. The average molecular weight is 396 g/mol. The number of alkyl halides is 5. The number of hydrogen-bond donors (Lipinski definition) is 0. The van der Waals surface area contributed by atoms with E-state index in [1.165, 1.54) is 30.3 Å². The van der Waals surface area contributed by atoms with E-state index >= 15 is 0 Å². The van der Waals surface area contributed by atoms with Crippen LogP contribution < -0.4 is 4.74 Å². The van der Waals surface area contributed by atoms with E-state index in [0.29, 0.717) is 4.70 Å².